The molecule has 2 atom stereocenters. The second kappa shape index (κ2) is 16.2. The van der Waals surface area contributed by atoms with E-state index in [2.05, 4.69) is 25.8 Å². The first-order valence-electron chi connectivity index (χ1n) is 14.0. The van der Waals surface area contributed by atoms with Crippen molar-refractivity contribution in [2.75, 3.05) is 52.5 Å². The van der Waals surface area contributed by atoms with E-state index in [1.54, 1.807) is 0 Å². The predicted octanol–water partition coefficient (Wildman–Crippen LogP) is -0.187. The average molecular weight is 562 g/mol. The van der Waals surface area contributed by atoms with Gasteiger partial charge in [0.05, 0.1) is 13.2 Å². The summed E-state index contributed by atoms with van der Waals surface area (Å²) in [5, 5.41) is 68.4. The topological polar surface area (TPSA) is 164 Å². The maximum Gasteiger partial charge on any atom is 0.128 e. The Labute approximate surface area is 237 Å². The molecule has 11 heteroatoms. The minimum absolute atomic E-state index is 0.210. The van der Waals surface area contributed by atoms with Crippen molar-refractivity contribution in [1.82, 2.24) is 25.8 Å². The van der Waals surface area contributed by atoms with E-state index in [9.17, 15) is 20.4 Å². The average Bonchev–Trinajstić information content (AvgIpc) is 2.93. The van der Waals surface area contributed by atoms with E-state index >= 15 is 0 Å². The second-order valence-electron chi connectivity index (χ2n) is 10.7. The lowest BCUT2D eigenvalue weighted by molar-refractivity contribution is 0.0663. The molecule has 0 aliphatic carbocycles. The summed E-state index contributed by atoms with van der Waals surface area (Å²) in [7, 11) is 0. The summed E-state index contributed by atoms with van der Waals surface area (Å²) in [5.74, 6) is 0.420. The van der Waals surface area contributed by atoms with Crippen LogP contribution in [0.1, 0.15) is 39.8 Å². The van der Waals surface area contributed by atoms with Gasteiger partial charge in [-0.15, -0.1) is 0 Å². The van der Waals surface area contributed by atoms with Crippen molar-refractivity contribution in [1.29, 1.82) is 0 Å². The number of aliphatic hydroxyl groups is 4. The number of benzene rings is 2. The van der Waals surface area contributed by atoms with Crippen molar-refractivity contribution < 1.29 is 30.6 Å². The fourth-order valence-corrected chi connectivity index (χ4v) is 5.10. The van der Waals surface area contributed by atoms with Crippen LogP contribution < -0.4 is 16.0 Å². The molecule has 0 radical (unpaired) electrons. The van der Waals surface area contributed by atoms with Crippen LogP contribution in [0.5, 0.6) is 11.5 Å². The van der Waals surface area contributed by atoms with Crippen LogP contribution in [0.3, 0.4) is 0 Å². The third-order valence-corrected chi connectivity index (χ3v) is 7.17. The van der Waals surface area contributed by atoms with Gasteiger partial charge in [-0.1, -0.05) is 35.4 Å². The molecule has 3 rings (SSSR count). The molecule has 0 amide bonds. The Morgan fingerprint density at radius 2 is 1.10 bits per heavy atom. The molecule has 40 heavy (non-hydrogen) atoms. The van der Waals surface area contributed by atoms with E-state index in [-0.39, 0.29) is 24.6 Å². The molecule has 1 aliphatic heterocycles. The van der Waals surface area contributed by atoms with Crippen LogP contribution in [0.2, 0.25) is 0 Å². The van der Waals surface area contributed by atoms with Crippen LogP contribution in [0.4, 0.5) is 0 Å². The highest BCUT2D eigenvalue weighted by Gasteiger charge is 2.18. The lowest BCUT2D eigenvalue weighted by Gasteiger charge is -2.29. The van der Waals surface area contributed by atoms with Gasteiger partial charge in [-0.3, -0.25) is 20.4 Å². The number of nitrogens with zero attached hydrogens (tertiary/aromatic N) is 2. The molecule has 0 aromatic heterocycles. The van der Waals surface area contributed by atoms with Crippen LogP contribution in [-0.2, 0) is 26.2 Å². The van der Waals surface area contributed by atoms with E-state index in [4.69, 9.17) is 10.2 Å². The summed E-state index contributed by atoms with van der Waals surface area (Å²) in [6, 6.07) is 7.75. The molecule has 9 N–H and O–H groups in total. The molecular weight excluding hydrogens is 514 g/mol. The first-order valence-corrected chi connectivity index (χ1v) is 14.0. The van der Waals surface area contributed by atoms with Crippen LogP contribution in [0.25, 0.3) is 0 Å². The van der Waals surface area contributed by atoms with E-state index < -0.39 is 25.7 Å². The van der Waals surface area contributed by atoms with Gasteiger partial charge in [-0.05, 0) is 33.4 Å². The van der Waals surface area contributed by atoms with Gasteiger partial charge in [0.1, 0.15) is 24.0 Å². The van der Waals surface area contributed by atoms with Crippen molar-refractivity contribution in [2.24, 2.45) is 0 Å². The van der Waals surface area contributed by atoms with Crippen molar-refractivity contribution in [3.05, 3.63) is 57.6 Å². The number of phenolic OH excluding ortho intramolecular Hbond substituents is 2. The van der Waals surface area contributed by atoms with Gasteiger partial charge >= 0.3 is 0 Å². The van der Waals surface area contributed by atoms with E-state index in [1.165, 1.54) is 0 Å². The largest absolute Gasteiger partial charge is 0.507 e. The molecule has 0 saturated carbocycles. The lowest BCUT2D eigenvalue weighted by atomic mass is 10.0. The Morgan fingerprint density at radius 1 is 0.700 bits per heavy atom. The summed E-state index contributed by atoms with van der Waals surface area (Å²) >= 11 is 0. The Kier molecular flexibility index (Phi) is 13.0. The number of rotatable bonds is 12. The normalized spacial score (nSPS) is 17.6. The van der Waals surface area contributed by atoms with Gasteiger partial charge in [0.25, 0.3) is 0 Å². The highest BCUT2D eigenvalue weighted by Crippen LogP contribution is 2.28. The molecule has 1 aliphatic rings. The van der Waals surface area contributed by atoms with Crippen LogP contribution in [-0.4, -0.2) is 105 Å². The van der Waals surface area contributed by atoms with Gasteiger partial charge in [0.2, 0.25) is 0 Å². The van der Waals surface area contributed by atoms with Crippen LogP contribution in [0.15, 0.2) is 24.3 Å². The van der Waals surface area contributed by atoms with E-state index in [0.29, 0.717) is 24.2 Å². The zero-order valence-corrected chi connectivity index (χ0v) is 23.7. The fraction of sp³-hybridized carbons (Fsp3) is 0.586. The van der Waals surface area contributed by atoms with E-state index in [0.717, 1.165) is 67.9 Å². The van der Waals surface area contributed by atoms with Gasteiger partial charge < -0.3 is 36.0 Å². The number of aryl methyl sites for hydroxylation is 2. The highest BCUT2D eigenvalue weighted by atomic mass is 16.3. The Balaban J connectivity index is 1.64. The minimum Gasteiger partial charge on any atom is -0.507 e. The first-order chi connectivity index (χ1) is 19.2. The summed E-state index contributed by atoms with van der Waals surface area (Å²) in [4.78, 5) is 4.65. The van der Waals surface area contributed by atoms with Gasteiger partial charge in [0.15, 0.2) is 0 Å². The number of nitrogens with one attached hydrogen (secondary N) is 3. The van der Waals surface area contributed by atoms with Gasteiger partial charge in [-0.2, -0.15) is 0 Å². The summed E-state index contributed by atoms with van der Waals surface area (Å²) < 4.78 is 0. The van der Waals surface area contributed by atoms with Crippen molar-refractivity contribution in [3.63, 3.8) is 0 Å². The minimum atomic E-state index is -1.04. The highest BCUT2D eigenvalue weighted by molar-refractivity contribution is 5.44. The third kappa shape index (κ3) is 9.95. The molecule has 11 nitrogen and oxygen atoms in total. The zero-order chi connectivity index (χ0) is 29.1. The maximum absolute atomic E-state index is 10.9. The molecule has 2 aromatic carbocycles. The van der Waals surface area contributed by atoms with Crippen LogP contribution >= 0.6 is 0 Å². The first kappa shape index (κ1) is 32.2. The number of hydrogen-bond donors (Lipinski definition) is 9. The smallest absolute Gasteiger partial charge is 0.128 e. The molecule has 1 saturated heterocycles. The maximum atomic E-state index is 10.9. The van der Waals surface area contributed by atoms with E-state index in [1.807, 2.05) is 38.1 Å². The molecule has 1 fully saturated rings. The standard InChI is InChI=1S/C29H47N5O6/c1-20-10-22(14-31-26(37)18-35)28(39)24(12-20)16-33-6-3-7-34(9-5-30-4-8-33)17-25-13-21(2)11-23(29(25)40)15-32-27(38)19-36/h10-13,26-27,30-32,35-40H,3-9,14-19H2,1-2H3. The molecular formula is C29H47N5O6. The van der Waals surface area contributed by atoms with Gasteiger partial charge in [0, 0.05) is 74.6 Å². The second-order valence-corrected chi connectivity index (χ2v) is 10.7. The summed E-state index contributed by atoms with van der Waals surface area (Å²) in [6.07, 6.45) is -1.15. The quantitative estimate of drug-likeness (QED) is 0.158. The molecule has 224 valence electrons. The molecule has 1 heterocycles. The number of phenols is 2. The Bertz CT molecular complexity index is 990. The van der Waals surface area contributed by atoms with Crippen LogP contribution in [0, 0.1) is 13.8 Å². The lowest BCUT2D eigenvalue weighted by Crippen LogP contribution is -2.40. The van der Waals surface area contributed by atoms with Crippen molar-refractivity contribution >= 4 is 0 Å². The Hall–Kier alpha value is -2.32. The number of aliphatic hydroxyl groups excluding tert-OH is 4. The summed E-state index contributed by atoms with van der Waals surface area (Å²) in [5.41, 5.74) is 5.08. The van der Waals surface area contributed by atoms with Crippen molar-refractivity contribution in [3.8, 4) is 11.5 Å². The SMILES string of the molecule is Cc1cc(CNC(O)CO)c(O)c(CN2CCCN(Cc3cc(C)cc(CNC(O)CO)c3O)CCNCC2)c1. The molecule has 0 bridgehead atoms. The zero-order valence-electron chi connectivity index (χ0n) is 23.7. The molecule has 0 spiro atoms. The summed E-state index contributed by atoms with van der Waals surface area (Å²) in [6.45, 7) is 9.88. The fourth-order valence-electron chi connectivity index (χ4n) is 5.10. The molecule has 2 unspecified atom stereocenters. The van der Waals surface area contributed by atoms with Gasteiger partial charge in [-0.25, -0.2) is 0 Å². The Morgan fingerprint density at radius 3 is 1.50 bits per heavy atom. The number of aromatic hydroxyl groups is 2. The monoisotopic (exact) mass is 561 g/mol. The predicted molar refractivity (Wildman–Crippen MR) is 154 cm³/mol. The van der Waals surface area contributed by atoms with Crippen molar-refractivity contribution in [2.45, 2.75) is 58.9 Å². The number of hydrogen-bond acceptors (Lipinski definition) is 11. The molecule has 2 aromatic rings. The third-order valence-electron chi connectivity index (χ3n) is 7.17.